The average molecular weight is 270 g/mol. The van der Waals surface area contributed by atoms with Crippen LogP contribution in [0.5, 0.6) is 0 Å². The van der Waals surface area contributed by atoms with Gasteiger partial charge in [-0.1, -0.05) is 32.9 Å². The highest BCUT2D eigenvalue weighted by Crippen LogP contribution is 2.19. The molecule has 0 amide bonds. The lowest BCUT2D eigenvalue weighted by Crippen LogP contribution is -2.28. The minimum atomic E-state index is -3.20. The van der Waals surface area contributed by atoms with Crippen molar-refractivity contribution in [3.63, 3.8) is 0 Å². The molecule has 18 heavy (non-hydrogen) atoms. The van der Waals surface area contributed by atoms with E-state index in [9.17, 15) is 8.42 Å². The van der Waals surface area contributed by atoms with Gasteiger partial charge in [-0.25, -0.2) is 13.1 Å². The van der Waals surface area contributed by atoms with E-state index < -0.39 is 10.0 Å². The van der Waals surface area contributed by atoms with Crippen LogP contribution in [0.4, 0.5) is 5.69 Å². The van der Waals surface area contributed by atoms with Gasteiger partial charge in [-0.2, -0.15) is 0 Å². The monoisotopic (exact) mass is 270 g/mol. The van der Waals surface area contributed by atoms with Crippen LogP contribution in [-0.2, 0) is 16.6 Å². The van der Waals surface area contributed by atoms with Gasteiger partial charge in [-0.3, -0.25) is 0 Å². The van der Waals surface area contributed by atoms with E-state index in [-0.39, 0.29) is 11.2 Å². The lowest BCUT2D eigenvalue weighted by molar-refractivity contribution is 0.396. The number of anilines is 1. The molecule has 4 nitrogen and oxygen atoms in total. The summed E-state index contributed by atoms with van der Waals surface area (Å²) in [7, 11) is -3.20. The summed E-state index contributed by atoms with van der Waals surface area (Å²) in [6.45, 7) is 6.40. The highest BCUT2D eigenvalue weighted by Gasteiger charge is 2.16. The molecule has 0 aliphatic heterocycles. The van der Waals surface area contributed by atoms with Crippen molar-refractivity contribution in [2.24, 2.45) is 5.41 Å². The van der Waals surface area contributed by atoms with Crippen molar-refractivity contribution in [3.05, 3.63) is 29.8 Å². The highest BCUT2D eigenvalue weighted by atomic mass is 32.2. The maximum atomic E-state index is 11.8. The van der Waals surface area contributed by atoms with Gasteiger partial charge >= 0.3 is 0 Å². The van der Waals surface area contributed by atoms with E-state index in [0.29, 0.717) is 18.7 Å². The number of benzene rings is 1. The first-order valence-electron chi connectivity index (χ1n) is 6.00. The Bertz CT molecular complexity index is 473. The van der Waals surface area contributed by atoms with Crippen molar-refractivity contribution in [2.75, 3.05) is 11.5 Å². The molecule has 0 saturated carbocycles. The van der Waals surface area contributed by atoms with E-state index in [1.54, 1.807) is 12.1 Å². The summed E-state index contributed by atoms with van der Waals surface area (Å²) >= 11 is 0. The molecule has 0 aliphatic rings. The Kier molecular flexibility index (Phi) is 4.76. The molecule has 1 rings (SSSR count). The summed E-state index contributed by atoms with van der Waals surface area (Å²) in [4.78, 5) is 0. The Balaban J connectivity index is 2.49. The zero-order valence-electron chi connectivity index (χ0n) is 11.2. The molecule has 0 atom stereocenters. The maximum Gasteiger partial charge on any atom is 0.211 e. The molecule has 0 spiro atoms. The Hall–Kier alpha value is -1.07. The second-order valence-electron chi connectivity index (χ2n) is 5.69. The van der Waals surface area contributed by atoms with Crippen molar-refractivity contribution < 1.29 is 8.42 Å². The van der Waals surface area contributed by atoms with Gasteiger partial charge in [0.1, 0.15) is 0 Å². The summed E-state index contributed by atoms with van der Waals surface area (Å²) in [5.41, 5.74) is 7.17. The van der Waals surface area contributed by atoms with Crippen LogP contribution in [0.2, 0.25) is 0 Å². The van der Waals surface area contributed by atoms with Crippen LogP contribution in [0.25, 0.3) is 0 Å². The van der Waals surface area contributed by atoms with E-state index in [1.807, 2.05) is 32.9 Å². The normalized spacial score (nSPS) is 12.6. The number of sulfonamides is 1. The zero-order chi connectivity index (χ0) is 13.8. The van der Waals surface area contributed by atoms with E-state index in [4.69, 9.17) is 5.73 Å². The van der Waals surface area contributed by atoms with Crippen molar-refractivity contribution >= 4 is 15.7 Å². The third-order valence-electron chi connectivity index (χ3n) is 2.60. The number of hydrogen-bond acceptors (Lipinski definition) is 3. The lowest BCUT2D eigenvalue weighted by Gasteiger charge is -2.17. The SMILES string of the molecule is CC(C)(C)CCS(=O)(=O)NCc1ccc(N)cc1. The van der Waals surface area contributed by atoms with Crippen LogP contribution in [0.3, 0.4) is 0 Å². The fraction of sp³-hybridized carbons (Fsp3) is 0.538. The number of rotatable bonds is 5. The minimum absolute atomic E-state index is 0.0238. The number of nitrogen functional groups attached to an aromatic ring is 1. The van der Waals surface area contributed by atoms with Gasteiger partial charge in [-0.05, 0) is 29.5 Å². The molecule has 1 aromatic rings. The molecular weight excluding hydrogens is 248 g/mol. The highest BCUT2D eigenvalue weighted by molar-refractivity contribution is 7.89. The summed E-state index contributed by atoms with van der Waals surface area (Å²) in [5, 5.41) is 0. The fourth-order valence-electron chi connectivity index (χ4n) is 1.34. The molecular formula is C13H22N2O2S. The standard InChI is InChI=1S/C13H22N2O2S/c1-13(2,3)8-9-18(16,17)15-10-11-4-6-12(14)7-5-11/h4-7,15H,8-10,14H2,1-3H3. The van der Waals surface area contributed by atoms with Crippen LogP contribution in [-0.4, -0.2) is 14.2 Å². The largest absolute Gasteiger partial charge is 0.399 e. The van der Waals surface area contributed by atoms with Gasteiger partial charge in [0.25, 0.3) is 0 Å². The van der Waals surface area contributed by atoms with Crippen LogP contribution < -0.4 is 10.5 Å². The predicted octanol–water partition coefficient (Wildman–Crippen LogP) is 2.12. The predicted molar refractivity (Wildman–Crippen MR) is 75.6 cm³/mol. The van der Waals surface area contributed by atoms with Crippen molar-refractivity contribution in [3.8, 4) is 0 Å². The molecule has 102 valence electrons. The second-order valence-corrected chi connectivity index (χ2v) is 7.62. The topological polar surface area (TPSA) is 72.2 Å². The Labute approximate surface area is 110 Å². The second kappa shape index (κ2) is 5.71. The molecule has 0 radical (unpaired) electrons. The third-order valence-corrected chi connectivity index (χ3v) is 3.92. The van der Waals surface area contributed by atoms with Gasteiger partial charge in [0, 0.05) is 12.2 Å². The van der Waals surface area contributed by atoms with Crippen LogP contribution >= 0.6 is 0 Å². The van der Waals surface area contributed by atoms with Gasteiger partial charge < -0.3 is 5.73 Å². The lowest BCUT2D eigenvalue weighted by atomic mass is 9.94. The first-order valence-corrected chi connectivity index (χ1v) is 7.65. The molecule has 0 fully saturated rings. The zero-order valence-corrected chi connectivity index (χ0v) is 12.0. The number of nitrogens with two attached hydrogens (primary N) is 1. The van der Waals surface area contributed by atoms with Crippen molar-refractivity contribution in [1.82, 2.24) is 4.72 Å². The summed E-state index contributed by atoms with van der Waals surface area (Å²) in [6, 6.07) is 7.17. The quantitative estimate of drug-likeness (QED) is 0.805. The molecule has 5 heteroatoms. The molecule has 0 bridgehead atoms. The maximum absolute atomic E-state index is 11.8. The first-order chi connectivity index (χ1) is 8.18. The van der Waals surface area contributed by atoms with E-state index in [2.05, 4.69) is 4.72 Å². The molecule has 3 N–H and O–H groups in total. The molecule has 1 aromatic carbocycles. The number of hydrogen-bond donors (Lipinski definition) is 2. The molecule has 0 saturated heterocycles. The van der Waals surface area contributed by atoms with Crippen LogP contribution in [0.15, 0.2) is 24.3 Å². The Morgan fingerprint density at radius 3 is 2.22 bits per heavy atom. The van der Waals surface area contributed by atoms with E-state index in [1.165, 1.54) is 0 Å². The minimum Gasteiger partial charge on any atom is -0.399 e. The van der Waals surface area contributed by atoms with E-state index in [0.717, 1.165) is 5.56 Å². The summed E-state index contributed by atoms with van der Waals surface area (Å²) < 4.78 is 26.2. The molecule has 0 unspecified atom stereocenters. The molecule has 0 aromatic heterocycles. The van der Waals surface area contributed by atoms with Crippen LogP contribution in [0, 0.1) is 5.41 Å². The summed E-state index contributed by atoms with van der Waals surface area (Å²) in [5.74, 6) is 0.158. The molecule has 0 aliphatic carbocycles. The van der Waals surface area contributed by atoms with Crippen molar-refractivity contribution in [1.29, 1.82) is 0 Å². The first kappa shape index (κ1) is 15.0. The summed E-state index contributed by atoms with van der Waals surface area (Å²) in [6.07, 6.45) is 0.643. The third kappa shape index (κ3) is 6.02. The Morgan fingerprint density at radius 1 is 1.17 bits per heavy atom. The van der Waals surface area contributed by atoms with Gasteiger partial charge in [0.2, 0.25) is 10.0 Å². The number of nitrogens with one attached hydrogen (secondary N) is 1. The van der Waals surface area contributed by atoms with Gasteiger partial charge in [0.05, 0.1) is 5.75 Å². The van der Waals surface area contributed by atoms with E-state index >= 15 is 0 Å². The van der Waals surface area contributed by atoms with Gasteiger partial charge in [-0.15, -0.1) is 0 Å². The fourth-order valence-corrected chi connectivity index (χ4v) is 2.75. The molecule has 0 heterocycles. The Morgan fingerprint density at radius 2 is 1.72 bits per heavy atom. The van der Waals surface area contributed by atoms with Gasteiger partial charge in [0.15, 0.2) is 0 Å². The van der Waals surface area contributed by atoms with Crippen molar-refractivity contribution in [2.45, 2.75) is 33.7 Å². The average Bonchev–Trinajstić information content (AvgIpc) is 2.25. The smallest absolute Gasteiger partial charge is 0.211 e. The van der Waals surface area contributed by atoms with Crippen LogP contribution in [0.1, 0.15) is 32.8 Å².